The molecule has 2 N–H and O–H groups in total. The first-order chi connectivity index (χ1) is 7.53. The Kier molecular flexibility index (Phi) is 3.53. The van der Waals surface area contributed by atoms with Crippen LogP contribution < -0.4 is 5.73 Å². The molecule has 0 aromatic carbocycles. The molecule has 1 unspecified atom stereocenters. The molecule has 0 radical (unpaired) electrons. The van der Waals surface area contributed by atoms with Gasteiger partial charge in [0.05, 0.1) is 5.75 Å². The molecule has 1 heterocycles. The van der Waals surface area contributed by atoms with Crippen LogP contribution in [0, 0.1) is 5.92 Å². The van der Waals surface area contributed by atoms with Crippen molar-refractivity contribution in [3.63, 3.8) is 0 Å². The Labute approximate surface area is 97.6 Å². The van der Waals surface area contributed by atoms with Gasteiger partial charge in [0.1, 0.15) is 0 Å². The molecule has 0 spiro atoms. The number of hydrogen-bond acceptors (Lipinski definition) is 4. The van der Waals surface area contributed by atoms with E-state index in [0.717, 1.165) is 25.9 Å². The zero-order valence-corrected chi connectivity index (χ0v) is 10.6. The van der Waals surface area contributed by atoms with Crippen LogP contribution in [0.1, 0.15) is 12.8 Å². The zero-order chi connectivity index (χ0) is 11.8. The first-order valence-electron chi connectivity index (χ1n) is 5.91. The second-order valence-electron chi connectivity index (χ2n) is 4.98. The molecular weight excluding hydrogens is 226 g/mol. The minimum atomic E-state index is -3.08. The summed E-state index contributed by atoms with van der Waals surface area (Å²) in [5.41, 5.74) is 5.67. The Morgan fingerprint density at radius 3 is 2.56 bits per heavy atom. The average molecular weight is 247 g/mol. The van der Waals surface area contributed by atoms with Gasteiger partial charge in [-0.2, -0.15) is 4.31 Å². The standard InChI is InChI=1S/C10H21N3O2S/c1-12-4-5-13(10(6-11)7-12)16(14,15)8-9-2-3-9/h9-10H,2-8,11H2,1H3. The maximum atomic E-state index is 12.2. The van der Waals surface area contributed by atoms with Gasteiger partial charge in [-0.15, -0.1) is 0 Å². The number of likely N-dealkylation sites (N-methyl/N-ethyl adjacent to an activating group) is 1. The summed E-state index contributed by atoms with van der Waals surface area (Å²) in [5.74, 6) is 0.732. The third-order valence-electron chi connectivity index (χ3n) is 3.40. The summed E-state index contributed by atoms with van der Waals surface area (Å²) in [4.78, 5) is 2.14. The van der Waals surface area contributed by atoms with Crippen LogP contribution in [0.15, 0.2) is 0 Å². The van der Waals surface area contributed by atoms with E-state index in [1.54, 1.807) is 4.31 Å². The SMILES string of the molecule is CN1CCN(S(=O)(=O)CC2CC2)C(CN)C1. The normalized spacial score (nSPS) is 29.5. The van der Waals surface area contributed by atoms with Crippen molar-refractivity contribution >= 4 is 10.0 Å². The fraction of sp³-hybridized carbons (Fsp3) is 1.00. The molecule has 0 aromatic heterocycles. The number of rotatable bonds is 4. The molecule has 5 nitrogen and oxygen atoms in total. The molecule has 1 aliphatic carbocycles. The zero-order valence-electron chi connectivity index (χ0n) is 9.80. The fourth-order valence-corrected chi connectivity index (χ4v) is 4.32. The topological polar surface area (TPSA) is 66.6 Å². The monoisotopic (exact) mass is 247 g/mol. The quantitative estimate of drug-likeness (QED) is 0.713. The molecule has 0 bridgehead atoms. The van der Waals surface area contributed by atoms with E-state index in [1.807, 2.05) is 7.05 Å². The van der Waals surface area contributed by atoms with Gasteiger partial charge in [0, 0.05) is 32.2 Å². The average Bonchev–Trinajstić information content (AvgIpc) is 3.00. The first kappa shape index (κ1) is 12.3. The molecule has 2 fully saturated rings. The van der Waals surface area contributed by atoms with Gasteiger partial charge >= 0.3 is 0 Å². The highest BCUT2D eigenvalue weighted by atomic mass is 32.2. The second kappa shape index (κ2) is 4.60. The van der Waals surface area contributed by atoms with Gasteiger partial charge in [0.15, 0.2) is 0 Å². The molecular formula is C10H21N3O2S. The first-order valence-corrected chi connectivity index (χ1v) is 7.52. The van der Waals surface area contributed by atoms with Gasteiger partial charge < -0.3 is 10.6 Å². The van der Waals surface area contributed by atoms with Gasteiger partial charge in [-0.05, 0) is 25.8 Å². The number of nitrogens with zero attached hydrogens (tertiary/aromatic N) is 2. The number of nitrogens with two attached hydrogens (primary N) is 1. The number of sulfonamides is 1. The Morgan fingerprint density at radius 2 is 2.00 bits per heavy atom. The van der Waals surface area contributed by atoms with Crippen molar-refractivity contribution in [2.45, 2.75) is 18.9 Å². The van der Waals surface area contributed by atoms with E-state index < -0.39 is 10.0 Å². The van der Waals surface area contributed by atoms with Crippen LogP contribution in [0.2, 0.25) is 0 Å². The van der Waals surface area contributed by atoms with Crippen molar-refractivity contribution < 1.29 is 8.42 Å². The van der Waals surface area contributed by atoms with E-state index in [2.05, 4.69) is 4.90 Å². The third-order valence-corrected chi connectivity index (χ3v) is 5.49. The molecule has 1 saturated carbocycles. The molecule has 1 atom stereocenters. The summed E-state index contributed by atoms with van der Waals surface area (Å²) in [7, 11) is -1.07. The highest BCUT2D eigenvalue weighted by Crippen LogP contribution is 2.31. The summed E-state index contributed by atoms with van der Waals surface area (Å²) in [6, 6.07) is -0.0394. The highest BCUT2D eigenvalue weighted by Gasteiger charge is 2.37. The van der Waals surface area contributed by atoms with Gasteiger partial charge in [-0.3, -0.25) is 0 Å². The van der Waals surface area contributed by atoms with E-state index in [4.69, 9.17) is 5.73 Å². The third kappa shape index (κ3) is 2.74. The fourth-order valence-electron chi connectivity index (χ4n) is 2.23. The van der Waals surface area contributed by atoms with E-state index in [1.165, 1.54) is 0 Å². The minimum absolute atomic E-state index is 0.0394. The van der Waals surface area contributed by atoms with Crippen molar-refractivity contribution in [1.29, 1.82) is 0 Å². The molecule has 94 valence electrons. The predicted molar refractivity (Wildman–Crippen MR) is 63.6 cm³/mol. The lowest BCUT2D eigenvalue weighted by Gasteiger charge is -2.38. The van der Waals surface area contributed by atoms with Crippen LogP contribution in [0.5, 0.6) is 0 Å². The van der Waals surface area contributed by atoms with Crippen molar-refractivity contribution in [3.8, 4) is 0 Å². The molecule has 16 heavy (non-hydrogen) atoms. The molecule has 2 rings (SSSR count). The lowest BCUT2D eigenvalue weighted by Crippen LogP contribution is -2.57. The maximum absolute atomic E-state index is 12.2. The smallest absolute Gasteiger partial charge is 0.214 e. The maximum Gasteiger partial charge on any atom is 0.214 e. The van der Waals surface area contributed by atoms with E-state index >= 15 is 0 Å². The van der Waals surface area contributed by atoms with Gasteiger partial charge in [0.25, 0.3) is 0 Å². The van der Waals surface area contributed by atoms with Crippen molar-refractivity contribution in [1.82, 2.24) is 9.21 Å². The number of hydrogen-bond donors (Lipinski definition) is 1. The summed E-state index contributed by atoms with van der Waals surface area (Å²) < 4.78 is 26.0. The summed E-state index contributed by atoms with van der Waals surface area (Å²) in [6.07, 6.45) is 2.14. The van der Waals surface area contributed by atoms with Crippen LogP contribution >= 0.6 is 0 Å². The minimum Gasteiger partial charge on any atom is -0.329 e. The van der Waals surface area contributed by atoms with Gasteiger partial charge in [-0.1, -0.05) is 0 Å². The predicted octanol–water partition coefficient (Wildman–Crippen LogP) is -0.699. The molecule has 1 saturated heterocycles. The summed E-state index contributed by atoms with van der Waals surface area (Å²) in [6.45, 7) is 2.56. The highest BCUT2D eigenvalue weighted by molar-refractivity contribution is 7.89. The van der Waals surface area contributed by atoms with Crippen LogP contribution in [-0.4, -0.2) is 62.6 Å². The Hall–Kier alpha value is -0.170. The van der Waals surface area contributed by atoms with Crippen molar-refractivity contribution in [3.05, 3.63) is 0 Å². The van der Waals surface area contributed by atoms with Gasteiger partial charge in [0.2, 0.25) is 10.0 Å². The number of piperazine rings is 1. The second-order valence-corrected chi connectivity index (χ2v) is 6.95. The molecule has 1 aliphatic heterocycles. The van der Waals surface area contributed by atoms with Crippen LogP contribution in [0.25, 0.3) is 0 Å². The molecule has 2 aliphatic rings. The Morgan fingerprint density at radius 1 is 1.31 bits per heavy atom. The molecule has 0 amide bonds. The van der Waals surface area contributed by atoms with E-state index in [0.29, 0.717) is 24.8 Å². The summed E-state index contributed by atoms with van der Waals surface area (Å²) >= 11 is 0. The van der Waals surface area contributed by atoms with E-state index in [9.17, 15) is 8.42 Å². The summed E-state index contributed by atoms with van der Waals surface area (Å²) in [5, 5.41) is 0. The van der Waals surface area contributed by atoms with Crippen molar-refractivity contribution in [2.75, 3.05) is 39.0 Å². The Balaban J connectivity index is 2.05. The largest absolute Gasteiger partial charge is 0.329 e. The lowest BCUT2D eigenvalue weighted by molar-refractivity contribution is 0.164. The van der Waals surface area contributed by atoms with E-state index in [-0.39, 0.29) is 6.04 Å². The lowest BCUT2D eigenvalue weighted by atomic mass is 10.2. The van der Waals surface area contributed by atoms with Crippen LogP contribution in [-0.2, 0) is 10.0 Å². The van der Waals surface area contributed by atoms with Crippen LogP contribution in [0.4, 0.5) is 0 Å². The molecule has 0 aromatic rings. The van der Waals surface area contributed by atoms with Crippen LogP contribution in [0.3, 0.4) is 0 Å². The van der Waals surface area contributed by atoms with Gasteiger partial charge in [-0.25, -0.2) is 8.42 Å². The van der Waals surface area contributed by atoms with Crippen molar-refractivity contribution in [2.24, 2.45) is 11.7 Å². The molecule has 6 heteroatoms. The Bertz CT molecular complexity index is 340.